The van der Waals surface area contributed by atoms with Crippen LogP contribution in [0.25, 0.3) is 10.9 Å². The summed E-state index contributed by atoms with van der Waals surface area (Å²) in [6.45, 7) is 8.19. The van der Waals surface area contributed by atoms with Crippen LogP contribution < -0.4 is 5.32 Å². The van der Waals surface area contributed by atoms with Crippen LogP contribution in [0.2, 0.25) is 5.02 Å². The summed E-state index contributed by atoms with van der Waals surface area (Å²) in [4.78, 5) is 14.8. The maximum atomic E-state index is 11.5. The Hall–Kier alpha value is -1.52. The number of nitrogens with one attached hydrogen (secondary N) is 2. The van der Waals surface area contributed by atoms with E-state index >= 15 is 0 Å². The summed E-state index contributed by atoms with van der Waals surface area (Å²) >= 11 is 6.18. The van der Waals surface area contributed by atoms with E-state index < -0.39 is 6.10 Å². The summed E-state index contributed by atoms with van der Waals surface area (Å²) in [5.41, 5.74) is 2.99. The van der Waals surface area contributed by atoms with E-state index in [1.54, 1.807) is 6.92 Å². The predicted molar refractivity (Wildman–Crippen MR) is 92.2 cm³/mol. The molecule has 4 nitrogen and oxygen atoms in total. The lowest BCUT2D eigenvalue weighted by Crippen LogP contribution is -2.33. The van der Waals surface area contributed by atoms with Gasteiger partial charge >= 0.3 is 0 Å². The van der Waals surface area contributed by atoms with Crippen LogP contribution in [0.5, 0.6) is 0 Å². The number of benzene rings is 1. The molecule has 1 aromatic heterocycles. The number of carbonyl (C=O) groups is 1. The number of carbonyl (C=O) groups excluding carboxylic acids is 1. The van der Waals surface area contributed by atoms with Gasteiger partial charge in [-0.25, -0.2) is 0 Å². The number of aromatic nitrogens is 1. The van der Waals surface area contributed by atoms with Gasteiger partial charge < -0.3 is 15.4 Å². The maximum Gasteiger partial charge on any atom is 0.249 e. The van der Waals surface area contributed by atoms with Crippen LogP contribution >= 0.6 is 11.6 Å². The van der Waals surface area contributed by atoms with Gasteiger partial charge in [0.2, 0.25) is 5.91 Å². The Morgan fingerprint density at radius 2 is 2.00 bits per heavy atom. The second-order valence-corrected chi connectivity index (χ2v) is 5.23. The van der Waals surface area contributed by atoms with Crippen molar-refractivity contribution in [2.45, 2.75) is 53.2 Å². The number of aryl methyl sites for hydroxylation is 1. The van der Waals surface area contributed by atoms with Gasteiger partial charge in [-0.15, -0.1) is 0 Å². The Morgan fingerprint density at radius 1 is 1.32 bits per heavy atom. The summed E-state index contributed by atoms with van der Waals surface area (Å²) in [6.07, 6.45) is 0.344. The Bertz CT molecular complexity index is 622. The van der Waals surface area contributed by atoms with E-state index in [1.807, 2.05) is 32.0 Å². The molecule has 1 aromatic carbocycles. The molecule has 0 spiro atoms. The molecule has 1 heterocycles. The first kappa shape index (κ1) is 18.5. The normalized spacial score (nSPS) is 11.7. The van der Waals surface area contributed by atoms with E-state index in [2.05, 4.69) is 17.2 Å². The largest absolute Gasteiger partial charge is 0.383 e. The second-order valence-electron chi connectivity index (χ2n) is 4.82. The first-order valence-corrected chi connectivity index (χ1v) is 8.18. The summed E-state index contributed by atoms with van der Waals surface area (Å²) in [5, 5.41) is 13.9. The molecule has 2 rings (SSSR count). The van der Waals surface area contributed by atoms with Gasteiger partial charge in [-0.05, 0) is 36.6 Å². The zero-order valence-electron chi connectivity index (χ0n) is 13.7. The van der Waals surface area contributed by atoms with E-state index in [0.717, 1.165) is 33.6 Å². The lowest BCUT2D eigenvalue weighted by atomic mass is 10.1. The van der Waals surface area contributed by atoms with E-state index in [1.165, 1.54) is 0 Å². The zero-order valence-corrected chi connectivity index (χ0v) is 14.4. The van der Waals surface area contributed by atoms with Crippen molar-refractivity contribution in [1.82, 2.24) is 10.3 Å². The van der Waals surface area contributed by atoms with Gasteiger partial charge in [0.05, 0.1) is 6.54 Å². The fourth-order valence-electron chi connectivity index (χ4n) is 2.11. The Kier molecular flexibility index (Phi) is 7.42. The number of aromatic amines is 1. The average Bonchev–Trinajstić information content (AvgIpc) is 2.94. The number of halogens is 1. The lowest BCUT2D eigenvalue weighted by molar-refractivity contribution is -0.129. The molecular weight excluding hydrogens is 300 g/mol. The Morgan fingerprint density at radius 3 is 2.59 bits per heavy atom. The molecule has 0 saturated carbocycles. The van der Waals surface area contributed by atoms with Crippen molar-refractivity contribution in [1.29, 1.82) is 0 Å². The van der Waals surface area contributed by atoms with E-state index in [9.17, 15) is 9.90 Å². The third-order valence-corrected chi connectivity index (χ3v) is 3.72. The van der Waals surface area contributed by atoms with Gasteiger partial charge in [0.1, 0.15) is 6.10 Å². The van der Waals surface area contributed by atoms with Crippen molar-refractivity contribution < 1.29 is 9.90 Å². The second kappa shape index (κ2) is 8.81. The summed E-state index contributed by atoms with van der Waals surface area (Å²) in [6, 6.07) is 5.92. The highest BCUT2D eigenvalue weighted by Gasteiger charge is 2.12. The minimum absolute atomic E-state index is 0.349. The molecule has 0 radical (unpaired) electrons. The number of amides is 1. The van der Waals surface area contributed by atoms with Crippen LogP contribution in [0.3, 0.4) is 0 Å². The molecule has 122 valence electrons. The van der Waals surface area contributed by atoms with E-state index in [-0.39, 0.29) is 5.91 Å². The van der Waals surface area contributed by atoms with Gasteiger partial charge in [0.15, 0.2) is 0 Å². The van der Waals surface area contributed by atoms with Crippen LogP contribution in [-0.2, 0) is 17.8 Å². The molecule has 0 aliphatic rings. The lowest BCUT2D eigenvalue weighted by Gasteiger charge is -2.07. The highest BCUT2D eigenvalue weighted by molar-refractivity contribution is 6.32. The molecule has 2 aromatic rings. The maximum absolute atomic E-state index is 11.5. The predicted octanol–water partition coefficient (Wildman–Crippen LogP) is 3.80. The van der Waals surface area contributed by atoms with Crippen molar-refractivity contribution in [3.05, 3.63) is 34.5 Å². The molecule has 3 N–H and O–H groups in total. The van der Waals surface area contributed by atoms with Crippen molar-refractivity contribution in [3.63, 3.8) is 0 Å². The monoisotopic (exact) mass is 324 g/mol. The van der Waals surface area contributed by atoms with Crippen LogP contribution in [0, 0.1) is 0 Å². The first-order chi connectivity index (χ1) is 10.5. The van der Waals surface area contributed by atoms with Crippen molar-refractivity contribution >= 4 is 28.4 Å². The number of fused-ring (bicyclic) bond motifs is 1. The molecular formula is C17H25ClN2O2. The van der Waals surface area contributed by atoms with Crippen molar-refractivity contribution in [3.8, 4) is 0 Å². The van der Waals surface area contributed by atoms with Crippen LogP contribution in [0.4, 0.5) is 0 Å². The fourth-order valence-corrected chi connectivity index (χ4v) is 2.42. The minimum atomic E-state index is -0.944. The molecule has 0 bridgehead atoms. The number of aliphatic hydroxyl groups excluding tert-OH is 1. The molecule has 0 aliphatic heterocycles. The molecule has 1 atom stereocenters. The van der Waals surface area contributed by atoms with Gasteiger partial charge in [-0.1, -0.05) is 39.3 Å². The van der Waals surface area contributed by atoms with Crippen LogP contribution in [-0.4, -0.2) is 22.1 Å². The molecule has 0 fully saturated rings. The van der Waals surface area contributed by atoms with E-state index in [4.69, 9.17) is 11.6 Å². The molecule has 22 heavy (non-hydrogen) atoms. The molecule has 1 unspecified atom stereocenters. The third kappa shape index (κ3) is 4.49. The number of H-pyrrole nitrogens is 1. The number of rotatable bonds is 5. The first-order valence-electron chi connectivity index (χ1n) is 7.81. The Balaban J connectivity index is 0.00000116. The van der Waals surface area contributed by atoms with Gasteiger partial charge in [-0.3, -0.25) is 4.79 Å². The standard InChI is InChI=1S/C15H19ClN2O2.C2H6/c1-3-9-7-13-10(6-12(9)16)5-11(18-13)8-17-15(20)14(19)4-2;1-2/h5-7,14,18-19H,3-4,8H2,1-2H3,(H,17,20);1-2H3. The SMILES string of the molecule is CC.CCc1cc2[nH]c(CNC(=O)C(O)CC)cc2cc1Cl. The minimum Gasteiger partial charge on any atom is -0.383 e. The van der Waals surface area contributed by atoms with Crippen LogP contribution in [0.1, 0.15) is 45.4 Å². The van der Waals surface area contributed by atoms with Crippen molar-refractivity contribution in [2.75, 3.05) is 0 Å². The Labute approximate surface area is 136 Å². The quantitative estimate of drug-likeness (QED) is 0.783. The molecule has 0 aliphatic carbocycles. The van der Waals surface area contributed by atoms with E-state index in [0.29, 0.717) is 13.0 Å². The summed E-state index contributed by atoms with van der Waals surface area (Å²) in [5.74, 6) is -0.349. The smallest absolute Gasteiger partial charge is 0.249 e. The third-order valence-electron chi connectivity index (χ3n) is 3.37. The zero-order chi connectivity index (χ0) is 16.7. The topological polar surface area (TPSA) is 65.1 Å². The summed E-state index contributed by atoms with van der Waals surface area (Å²) < 4.78 is 0. The average molecular weight is 325 g/mol. The summed E-state index contributed by atoms with van der Waals surface area (Å²) in [7, 11) is 0. The highest BCUT2D eigenvalue weighted by Crippen LogP contribution is 2.25. The van der Waals surface area contributed by atoms with Crippen molar-refractivity contribution in [2.24, 2.45) is 0 Å². The number of aliphatic hydroxyl groups is 1. The van der Waals surface area contributed by atoms with Gasteiger partial charge in [0.25, 0.3) is 0 Å². The van der Waals surface area contributed by atoms with Gasteiger partial charge in [0, 0.05) is 21.6 Å². The highest BCUT2D eigenvalue weighted by atomic mass is 35.5. The fraction of sp³-hybridized carbons (Fsp3) is 0.471. The molecule has 5 heteroatoms. The van der Waals surface area contributed by atoms with Gasteiger partial charge in [-0.2, -0.15) is 0 Å². The number of hydrogen-bond donors (Lipinski definition) is 3. The number of hydrogen-bond acceptors (Lipinski definition) is 2. The van der Waals surface area contributed by atoms with Crippen LogP contribution in [0.15, 0.2) is 18.2 Å². The molecule has 1 amide bonds. The molecule has 0 saturated heterocycles.